The number of furan rings is 1. The standard InChI is InChI=1S/C10H14BrNO/c1-12-10(6-7-10)5-4-8-2-3-9(11)13-8/h2-3,12H,4-7H2,1H3. The maximum Gasteiger partial charge on any atom is 0.169 e. The van der Waals surface area contributed by atoms with Crippen molar-refractivity contribution in [1.82, 2.24) is 5.32 Å². The number of hydrogen-bond donors (Lipinski definition) is 1. The van der Waals surface area contributed by atoms with Crippen molar-refractivity contribution in [2.24, 2.45) is 0 Å². The molecule has 3 heteroatoms. The topological polar surface area (TPSA) is 25.2 Å². The minimum atomic E-state index is 0.430. The summed E-state index contributed by atoms with van der Waals surface area (Å²) in [7, 11) is 2.05. The van der Waals surface area contributed by atoms with Gasteiger partial charge in [-0.25, -0.2) is 0 Å². The molecular weight excluding hydrogens is 230 g/mol. The summed E-state index contributed by atoms with van der Waals surface area (Å²) in [5, 5.41) is 3.38. The van der Waals surface area contributed by atoms with Crippen molar-refractivity contribution in [2.75, 3.05) is 7.05 Å². The Balaban J connectivity index is 1.86. The molecule has 1 aromatic heterocycles. The van der Waals surface area contributed by atoms with Gasteiger partial charge in [0, 0.05) is 12.0 Å². The first-order valence-electron chi connectivity index (χ1n) is 4.67. The molecule has 0 bridgehead atoms. The minimum absolute atomic E-state index is 0.430. The lowest BCUT2D eigenvalue weighted by Crippen LogP contribution is -2.27. The van der Waals surface area contributed by atoms with Crippen LogP contribution in [0.15, 0.2) is 21.2 Å². The van der Waals surface area contributed by atoms with Crippen molar-refractivity contribution in [2.45, 2.75) is 31.2 Å². The molecule has 72 valence electrons. The fourth-order valence-electron chi connectivity index (χ4n) is 1.62. The number of nitrogens with one attached hydrogen (secondary N) is 1. The third-order valence-corrected chi connectivity index (χ3v) is 3.29. The van der Waals surface area contributed by atoms with Gasteiger partial charge in [0.15, 0.2) is 4.67 Å². The van der Waals surface area contributed by atoms with Crippen LogP contribution in [0, 0.1) is 0 Å². The zero-order valence-corrected chi connectivity index (χ0v) is 9.36. The monoisotopic (exact) mass is 243 g/mol. The average Bonchev–Trinajstić information content (AvgIpc) is 2.81. The van der Waals surface area contributed by atoms with Gasteiger partial charge < -0.3 is 9.73 Å². The molecule has 1 heterocycles. The predicted octanol–water partition coefficient (Wildman–Crippen LogP) is 2.73. The highest BCUT2D eigenvalue weighted by Gasteiger charge is 2.40. The van der Waals surface area contributed by atoms with Crippen LogP contribution in [0.2, 0.25) is 0 Å². The van der Waals surface area contributed by atoms with E-state index in [1.165, 1.54) is 19.3 Å². The molecule has 13 heavy (non-hydrogen) atoms. The third-order valence-electron chi connectivity index (χ3n) is 2.86. The molecule has 2 rings (SSSR count). The smallest absolute Gasteiger partial charge is 0.169 e. The molecule has 1 aromatic rings. The molecular formula is C10H14BrNO. The summed E-state index contributed by atoms with van der Waals surface area (Å²) in [4.78, 5) is 0. The Hall–Kier alpha value is -0.280. The van der Waals surface area contributed by atoms with E-state index in [1.54, 1.807) is 0 Å². The van der Waals surface area contributed by atoms with Crippen molar-refractivity contribution in [3.05, 3.63) is 22.6 Å². The Morgan fingerprint density at radius 1 is 1.54 bits per heavy atom. The molecule has 0 saturated heterocycles. The molecule has 0 radical (unpaired) electrons. The molecule has 1 saturated carbocycles. The molecule has 1 aliphatic carbocycles. The maximum atomic E-state index is 5.44. The van der Waals surface area contributed by atoms with Crippen LogP contribution < -0.4 is 5.32 Å². The summed E-state index contributed by atoms with van der Waals surface area (Å²) < 4.78 is 6.27. The zero-order valence-electron chi connectivity index (χ0n) is 7.77. The third kappa shape index (κ3) is 2.15. The summed E-state index contributed by atoms with van der Waals surface area (Å²) in [5.41, 5.74) is 0.430. The van der Waals surface area contributed by atoms with E-state index in [2.05, 4.69) is 21.2 Å². The first-order chi connectivity index (χ1) is 6.24. The summed E-state index contributed by atoms with van der Waals surface area (Å²) in [6.07, 6.45) is 4.84. The molecule has 0 spiro atoms. The normalized spacial score (nSPS) is 18.9. The van der Waals surface area contributed by atoms with E-state index in [-0.39, 0.29) is 0 Å². The van der Waals surface area contributed by atoms with Gasteiger partial charge in [0.1, 0.15) is 5.76 Å². The SMILES string of the molecule is CNC1(CCc2ccc(Br)o2)CC1. The van der Waals surface area contributed by atoms with Gasteiger partial charge in [-0.2, -0.15) is 0 Å². The molecule has 0 aliphatic heterocycles. The van der Waals surface area contributed by atoms with Gasteiger partial charge in [0.2, 0.25) is 0 Å². The van der Waals surface area contributed by atoms with Gasteiger partial charge >= 0.3 is 0 Å². The van der Waals surface area contributed by atoms with Crippen LogP contribution in [-0.2, 0) is 6.42 Å². The summed E-state index contributed by atoms with van der Waals surface area (Å²) in [5.74, 6) is 1.08. The molecule has 2 nitrogen and oxygen atoms in total. The average molecular weight is 244 g/mol. The second kappa shape index (κ2) is 3.46. The van der Waals surface area contributed by atoms with Crippen LogP contribution in [0.1, 0.15) is 25.0 Å². The minimum Gasteiger partial charge on any atom is -0.454 e. The molecule has 1 N–H and O–H groups in total. The van der Waals surface area contributed by atoms with Crippen molar-refractivity contribution in [3.8, 4) is 0 Å². The van der Waals surface area contributed by atoms with Gasteiger partial charge in [-0.15, -0.1) is 0 Å². The second-order valence-electron chi connectivity index (χ2n) is 3.74. The lowest BCUT2D eigenvalue weighted by Gasteiger charge is -2.11. The highest BCUT2D eigenvalue weighted by Crippen LogP contribution is 2.39. The van der Waals surface area contributed by atoms with Crippen LogP contribution in [-0.4, -0.2) is 12.6 Å². The van der Waals surface area contributed by atoms with Crippen molar-refractivity contribution >= 4 is 15.9 Å². The number of rotatable bonds is 4. The van der Waals surface area contributed by atoms with E-state index >= 15 is 0 Å². The van der Waals surface area contributed by atoms with Crippen LogP contribution >= 0.6 is 15.9 Å². The fourth-order valence-corrected chi connectivity index (χ4v) is 1.96. The summed E-state index contributed by atoms with van der Waals surface area (Å²) in [6.45, 7) is 0. The number of halogens is 1. The van der Waals surface area contributed by atoms with Crippen molar-refractivity contribution in [1.29, 1.82) is 0 Å². The lowest BCUT2D eigenvalue weighted by molar-refractivity contribution is 0.442. The van der Waals surface area contributed by atoms with Gasteiger partial charge in [0.25, 0.3) is 0 Å². The van der Waals surface area contributed by atoms with Crippen LogP contribution in [0.3, 0.4) is 0 Å². The zero-order chi connectivity index (χ0) is 9.31. The summed E-state index contributed by atoms with van der Waals surface area (Å²) in [6, 6.07) is 3.99. The maximum absolute atomic E-state index is 5.44. The van der Waals surface area contributed by atoms with E-state index in [0.717, 1.165) is 16.9 Å². The molecule has 0 unspecified atom stereocenters. The Kier molecular flexibility index (Phi) is 2.47. The quantitative estimate of drug-likeness (QED) is 0.880. The Bertz CT molecular complexity index is 291. The van der Waals surface area contributed by atoms with Crippen LogP contribution in [0.4, 0.5) is 0 Å². The highest BCUT2D eigenvalue weighted by atomic mass is 79.9. The number of hydrogen-bond acceptors (Lipinski definition) is 2. The second-order valence-corrected chi connectivity index (χ2v) is 4.52. The van der Waals surface area contributed by atoms with Crippen molar-refractivity contribution < 1.29 is 4.42 Å². The Labute approximate surface area is 86.8 Å². The molecule has 0 atom stereocenters. The molecule has 1 aliphatic rings. The predicted molar refractivity (Wildman–Crippen MR) is 55.8 cm³/mol. The van der Waals surface area contributed by atoms with Crippen molar-refractivity contribution in [3.63, 3.8) is 0 Å². The van der Waals surface area contributed by atoms with E-state index < -0.39 is 0 Å². The van der Waals surface area contributed by atoms with Gasteiger partial charge in [0.05, 0.1) is 0 Å². The van der Waals surface area contributed by atoms with Crippen LogP contribution in [0.25, 0.3) is 0 Å². The lowest BCUT2D eigenvalue weighted by atomic mass is 10.1. The first-order valence-corrected chi connectivity index (χ1v) is 5.47. The fraction of sp³-hybridized carbons (Fsp3) is 0.600. The highest BCUT2D eigenvalue weighted by molar-refractivity contribution is 9.10. The van der Waals surface area contributed by atoms with E-state index in [9.17, 15) is 0 Å². The van der Waals surface area contributed by atoms with Gasteiger partial charge in [-0.3, -0.25) is 0 Å². The van der Waals surface area contributed by atoms with E-state index in [0.29, 0.717) is 5.54 Å². The number of aryl methyl sites for hydroxylation is 1. The molecule has 0 amide bonds. The Morgan fingerprint density at radius 3 is 2.77 bits per heavy atom. The van der Waals surface area contributed by atoms with Gasteiger partial charge in [-0.1, -0.05) is 0 Å². The van der Waals surface area contributed by atoms with Crippen LogP contribution in [0.5, 0.6) is 0 Å². The Morgan fingerprint density at radius 2 is 2.31 bits per heavy atom. The van der Waals surface area contributed by atoms with Gasteiger partial charge in [-0.05, 0) is 54.4 Å². The van der Waals surface area contributed by atoms with E-state index in [4.69, 9.17) is 4.42 Å². The van der Waals surface area contributed by atoms with E-state index in [1.807, 2.05) is 19.2 Å². The molecule has 0 aromatic carbocycles. The first kappa shape index (κ1) is 9.28. The summed E-state index contributed by atoms with van der Waals surface area (Å²) >= 11 is 3.30. The largest absolute Gasteiger partial charge is 0.454 e. The molecule has 1 fully saturated rings.